The summed E-state index contributed by atoms with van der Waals surface area (Å²) in [5.41, 5.74) is 0. The second kappa shape index (κ2) is 49.4. The summed E-state index contributed by atoms with van der Waals surface area (Å²) in [4.78, 5) is 37.9. The standard InChI is InChI=1S/C55H106O6/c1-5-7-9-11-13-14-15-16-17-18-19-22-26-29-32-36-40-44-48-55(58)61-52(49-59-53(56)46-42-38-33-12-10-8-6-2)50-60-54(57)47-43-39-35-31-28-25-23-20-21-24-27-30-34-37-41-45-51(3)4/h51-52H,5-50H2,1-4H3/t52-/m1/s1. The van der Waals surface area contributed by atoms with E-state index in [2.05, 4.69) is 27.7 Å². The Morgan fingerprint density at radius 2 is 0.541 bits per heavy atom. The molecule has 362 valence electrons. The van der Waals surface area contributed by atoms with Gasteiger partial charge in [-0.15, -0.1) is 0 Å². The topological polar surface area (TPSA) is 78.9 Å². The van der Waals surface area contributed by atoms with Gasteiger partial charge in [-0.2, -0.15) is 0 Å². The van der Waals surface area contributed by atoms with Crippen molar-refractivity contribution in [1.82, 2.24) is 0 Å². The molecule has 0 amide bonds. The minimum absolute atomic E-state index is 0.0628. The largest absolute Gasteiger partial charge is 0.462 e. The summed E-state index contributed by atoms with van der Waals surface area (Å²) in [6, 6.07) is 0. The number of rotatable bonds is 50. The lowest BCUT2D eigenvalue weighted by Gasteiger charge is -2.18. The van der Waals surface area contributed by atoms with Gasteiger partial charge in [-0.1, -0.05) is 272 Å². The van der Waals surface area contributed by atoms with Crippen LogP contribution in [0, 0.1) is 5.92 Å². The summed E-state index contributed by atoms with van der Waals surface area (Å²) in [6.07, 6.45) is 52.5. The number of hydrogen-bond donors (Lipinski definition) is 0. The first-order chi connectivity index (χ1) is 29.9. The molecule has 0 aromatic heterocycles. The van der Waals surface area contributed by atoms with Crippen LogP contribution in [-0.4, -0.2) is 37.2 Å². The van der Waals surface area contributed by atoms with Crippen LogP contribution in [0.25, 0.3) is 0 Å². The summed E-state index contributed by atoms with van der Waals surface area (Å²) in [7, 11) is 0. The Labute approximate surface area is 380 Å². The first-order valence-corrected chi connectivity index (χ1v) is 27.4. The number of esters is 3. The highest BCUT2D eigenvalue weighted by Crippen LogP contribution is 2.18. The monoisotopic (exact) mass is 863 g/mol. The van der Waals surface area contributed by atoms with Gasteiger partial charge in [-0.25, -0.2) is 0 Å². The Balaban J connectivity index is 4.16. The molecule has 0 rings (SSSR count). The minimum Gasteiger partial charge on any atom is -0.462 e. The molecule has 1 atom stereocenters. The molecule has 6 nitrogen and oxygen atoms in total. The fraction of sp³-hybridized carbons (Fsp3) is 0.945. The van der Waals surface area contributed by atoms with E-state index in [9.17, 15) is 14.4 Å². The van der Waals surface area contributed by atoms with E-state index in [0.717, 1.165) is 63.7 Å². The lowest BCUT2D eigenvalue weighted by atomic mass is 10.0. The maximum atomic E-state index is 12.8. The van der Waals surface area contributed by atoms with Gasteiger partial charge in [0, 0.05) is 19.3 Å². The van der Waals surface area contributed by atoms with Gasteiger partial charge >= 0.3 is 17.9 Å². The smallest absolute Gasteiger partial charge is 0.306 e. The quantitative estimate of drug-likeness (QED) is 0.0344. The molecular weight excluding hydrogens is 757 g/mol. The average molecular weight is 863 g/mol. The highest BCUT2D eigenvalue weighted by Gasteiger charge is 2.19. The van der Waals surface area contributed by atoms with Crippen molar-refractivity contribution in [2.45, 2.75) is 316 Å². The van der Waals surface area contributed by atoms with E-state index in [1.807, 2.05) is 0 Å². The van der Waals surface area contributed by atoms with Crippen molar-refractivity contribution in [1.29, 1.82) is 0 Å². The van der Waals surface area contributed by atoms with E-state index in [0.29, 0.717) is 19.3 Å². The van der Waals surface area contributed by atoms with Crippen LogP contribution in [0.2, 0.25) is 0 Å². The lowest BCUT2D eigenvalue weighted by molar-refractivity contribution is -0.167. The van der Waals surface area contributed by atoms with Crippen molar-refractivity contribution in [3.05, 3.63) is 0 Å². The van der Waals surface area contributed by atoms with Gasteiger partial charge in [0.15, 0.2) is 6.10 Å². The summed E-state index contributed by atoms with van der Waals surface area (Å²) >= 11 is 0. The van der Waals surface area contributed by atoms with Crippen LogP contribution >= 0.6 is 0 Å². The number of carbonyl (C=O) groups excluding carboxylic acids is 3. The van der Waals surface area contributed by atoms with Crippen molar-refractivity contribution >= 4 is 17.9 Å². The third-order valence-electron chi connectivity index (χ3n) is 12.5. The maximum Gasteiger partial charge on any atom is 0.306 e. The summed E-state index contributed by atoms with van der Waals surface area (Å²) in [5.74, 6) is 0.00193. The van der Waals surface area contributed by atoms with E-state index < -0.39 is 6.10 Å². The molecule has 0 aliphatic carbocycles. The maximum absolute atomic E-state index is 12.8. The van der Waals surface area contributed by atoms with Crippen LogP contribution in [-0.2, 0) is 28.6 Å². The fourth-order valence-corrected chi connectivity index (χ4v) is 8.39. The SMILES string of the molecule is CCCCCCCCCCCCCCCCCCCCC(=O)O[C@H](COC(=O)CCCCCCCCC)COC(=O)CCCCCCCCCCCCCCCCCC(C)C. The third kappa shape index (κ3) is 49.3. The van der Waals surface area contributed by atoms with Crippen LogP contribution in [0.4, 0.5) is 0 Å². The first kappa shape index (κ1) is 59.4. The van der Waals surface area contributed by atoms with Gasteiger partial charge in [0.05, 0.1) is 0 Å². The van der Waals surface area contributed by atoms with Crippen molar-refractivity contribution < 1.29 is 28.6 Å². The highest BCUT2D eigenvalue weighted by atomic mass is 16.6. The number of carbonyl (C=O) groups is 3. The molecule has 0 N–H and O–H groups in total. The Morgan fingerprint density at radius 1 is 0.311 bits per heavy atom. The van der Waals surface area contributed by atoms with Gasteiger partial charge in [-0.3, -0.25) is 14.4 Å². The predicted octanol–water partition coefficient (Wildman–Crippen LogP) is 17.8. The normalized spacial score (nSPS) is 12.0. The molecule has 6 heteroatoms. The molecule has 0 aliphatic rings. The minimum atomic E-state index is -0.760. The van der Waals surface area contributed by atoms with Gasteiger partial charge in [-0.05, 0) is 25.2 Å². The molecule has 0 aliphatic heterocycles. The van der Waals surface area contributed by atoms with Crippen molar-refractivity contribution in [3.63, 3.8) is 0 Å². The predicted molar refractivity (Wildman–Crippen MR) is 261 cm³/mol. The van der Waals surface area contributed by atoms with E-state index in [-0.39, 0.29) is 31.1 Å². The molecule has 0 aromatic rings. The number of hydrogen-bond acceptors (Lipinski definition) is 6. The Hall–Kier alpha value is -1.59. The van der Waals surface area contributed by atoms with E-state index >= 15 is 0 Å². The third-order valence-corrected chi connectivity index (χ3v) is 12.5. The molecule has 0 aromatic carbocycles. The second-order valence-corrected chi connectivity index (χ2v) is 19.3. The Morgan fingerprint density at radius 3 is 0.803 bits per heavy atom. The molecule has 0 saturated heterocycles. The van der Waals surface area contributed by atoms with Gasteiger partial charge in [0.2, 0.25) is 0 Å². The van der Waals surface area contributed by atoms with Gasteiger partial charge < -0.3 is 14.2 Å². The molecule has 61 heavy (non-hydrogen) atoms. The van der Waals surface area contributed by atoms with Crippen LogP contribution < -0.4 is 0 Å². The molecule has 0 radical (unpaired) electrons. The van der Waals surface area contributed by atoms with E-state index in [1.165, 1.54) is 205 Å². The summed E-state index contributed by atoms with van der Waals surface area (Å²) in [6.45, 7) is 9.02. The molecule has 0 unspecified atom stereocenters. The average Bonchev–Trinajstić information content (AvgIpc) is 3.24. The fourth-order valence-electron chi connectivity index (χ4n) is 8.39. The Bertz CT molecular complexity index is 918. The van der Waals surface area contributed by atoms with Crippen LogP contribution in [0.5, 0.6) is 0 Å². The van der Waals surface area contributed by atoms with E-state index in [4.69, 9.17) is 14.2 Å². The van der Waals surface area contributed by atoms with E-state index in [1.54, 1.807) is 0 Å². The zero-order valence-corrected chi connectivity index (χ0v) is 41.6. The van der Waals surface area contributed by atoms with Gasteiger partial charge in [0.25, 0.3) is 0 Å². The number of ether oxygens (including phenoxy) is 3. The summed E-state index contributed by atoms with van der Waals surface area (Å²) < 4.78 is 16.8. The van der Waals surface area contributed by atoms with Crippen molar-refractivity contribution in [2.24, 2.45) is 5.92 Å². The zero-order valence-electron chi connectivity index (χ0n) is 41.6. The van der Waals surface area contributed by atoms with Crippen molar-refractivity contribution in [2.75, 3.05) is 13.2 Å². The zero-order chi connectivity index (χ0) is 44.5. The van der Waals surface area contributed by atoms with Crippen LogP contribution in [0.15, 0.2) is 0 Å². The molecule has 0 fully saturated rings. The second-order valence-electron chi connectivity index (χ2n) is 19.3. The molecule has 0 heterocycles. The molecular formula is C55H106O6. The number of unbranched alkanes of at least 4 members (excludes halogenated alkanes) is 37. The lowest BCUT2D eigenvalue weighted by Crippen LogP contribution is -2.30. The molecule has 0 bridgehead atoms. The van der Waals surface area contributed by atoms with Crippen LogP contribution in [0.3, 0.4) is 0 Å². The van der Waals surface area contributed by atoms with Crippen LogP contribution in [0.1, 0.15) is 310 Å². The first-order valence-electron chi connectivity index (χ1n) is 27.4. The van der Waals surface area contributed by atoms with Gasteiger partial charge in [0.1, 0.15) is 13.2 Å². The molecule has 0 spiro atoms. The highest BCUT2D eigenvalue weighted by molar-refractivity contribution is 5.71. The molecule has 0 saturated carbocycles. The Kier molecular flexibility index (Phi) is 48.1. The van der Waals surface area contributed by atoms with Crippen molar-refractivity contribution in [3.8, 4) is 0 Å². The summed E-state index contributed by atoms with van der Waals surface area (Å²) in [5, 5.41) is 0.